The molecular formula is C14H21Cl2N3. The minimum atomic E-state index is 0.469. The lowest BCUT2D eigenvalue weighted by atomic mass is 10.1. The van der Waals surface area contributed by atoms with Crippen LogP contribution in [0, 0.1) is 0 Å². The first-order valence-electron chi connectivity index (χ1n) is 6.67. The number of likely N-dealkylation sites (N-methyl/N-ethyl adjacent to an activating group) is 1. The third-order valence-electron chi connectivity index (χ3n) is 3.88. The van der Waals surface area contributed by atoms with E-state index in [-0.39, 0.29) is 0 Å². The van der Waals surface area contributed by atoms with Gasteiger partial charge in [0.1, 0.15) is 0 Å². The first-order valence-corrected chi connectivity index (χ1v) is 7.42. The zero-order valence-corrected chi connectivity index (χ0v) is 13.0. The van der Waals surface area contributed by atoms with Gasteiger partial charge in [0.2, 0.25) is 0 Å². The molecule has 0 bridgehead atoms. The van der Waals surface area contributed by atoms with Gasteiger partial charge >= 0.3 is 0 Å². The number of halogens is 2. The van der Waals surface area contributed by atoms with E-state index in [1.165, 1.54) is 6.42 Å². The summed E-state index contributed by atoms with van der Waals surface area (Å²) >= 11 is 12.2. The summed E-state index contributed by atoms with van der Waals surface area (Å²) in [6.07, 6.45) is 1.18. The average Bonchev–Trinajstić information content (AvgIpc) is 2.38. The van der Waals surface area contributed by atoms with Gasteiger partial charge in [-0.05, 0) is 31.2 Å². The molecule has 3 nitrogen and oxygen atoms in total. The molecule has 1 unspecified atom stereocenters. The van der Waals surface area contributed by atoms with Crippen molar-refractivity contribution in [1.82, 2.24) is 9.80 Å². The van der Waals surface area contributed by atoms with E-state index >= 15 is 0 Å². The molecule has 1 heterocycles. The Balaban J connectivity index is 2.05. The first-order chi connectivity index (χ1) is 9.01. The molecule has 1 aromatic rings. The third kappa shape index (κ3) is 3.54. The van der Waals surface area contributed by atoms with Gasteiger partial charge in [-0.2, -0.15) is 0 Å². The second-order valence-corrected chi connectivity index (χ2v) is 6.07. The van der Waals surface area contributed by atoms with Crippen LogP contribution in [0.3, 0.4) is 0 Å². The molecule has 0 spiro atoms. The van der Waals surface area contributed by atoms with Gasteiger partial charge < -0.3 is 10.6 Å². The Labute approximate surface area is 125 Å². The van der Waals surface area contributed by atoms with E-state index < -0.39 is 0 Å². The van der Waals surface area contributed by atoms with E-state index in [4.69, 9.17) is 28.9 Å². The van der Waals surface area contributed by atoms with Crippen LogP contribution in [-0.4, -0.2) is 42.5 Å². The SMILES string of the molecule is CCC1CN(Cc2cc(Cl)c(N)c(Cl)c2)CCN1C. The molecule has 19 heavy (non-hydrogen) atoms. The Morgan fingerprint density at radius 1 is 1.26 bits per heavy atom. The van der Waals surface area contributed by atoms with Crippen molar-refractivity contribution in [2.75, 3.05) is 32.4 Å². The minimum absolute atomic E-state index is 0.469. The molecule has 106 valence electrons. The second-order valence-electron chi connectivity index (χ2n) is 5.25. The number of piperazine rings is 1. The first kappa shape index (κ1) is 14.9. The summed E-state index contributed by atoms with van der Waals surface area (Å²) in [7, 11) is 2.20. The lowest BCUT2D eigenvalue weighted by molar-refractivity contribution is 0.0884. The zero-order valence-electron chi connectivity index (χ0n) is 11.5. The van der Waals surface area contributed by atoms with Crippen LogP contribution in [0.1, 0.15) is 18.9 Å². The molecule has 1 aliphatic rings. The lowest BCUT2D eigenvalue weighted by Gasteiger charge is -2.39. The molecule has 2 N–H and O–H groups in total. The van der Waals surface area contributed by atoms with Gasteiger partial charge in [-0.25, -0.2) is 0 Å². The highest BCUT2D eigenvalue weighted by atomic mass is 35.5. The van der Waals surface area contributed by atoms with Crippen LogP contribution in [0.2, 0.25) is 10.0 Å². The predicted octanol–water partition coefficient (Wildman–Crippen LogP) is 3.10. The van der Waals surface area contributed by atoms with Gasteiger partial charge in [-0.3, -0.25) is 4.90 Å². The summed E-state index contributed by atoms with van der Waals surface area (Å²) < 4.78 is 0. The topological polar surface area (TPSA) is 32.5 Å². The molecule has 0 amide bonds. The number of rotatable bonds is 3. The van der Waals surface area contributed by atoms with Crippen LogP contribution in [0.15, 0.2) is 12.1 Å². The molecule has 0 aromatic heterocycles. The predicted molar refractivity (Wildman–Crippen MR) is 82.9 cm³/mol. The Bertz CT molecular complexity index is 427. The van der Waals surface area contributed by atoms with Crippen molar-refractivity contribution in [3.8, 4) is 0 Å². The average molecular weight is 302 g/mol. The van der Waals surface area contributed by atoms with Gasteiger partial charge in [-0.15, -0.1) is 0 Å². The monoisotopic (exact) mass is 301 g/mol. The van der Waals surface area contributed by atoms with E-state index in [1.54, 1.807) is 0 Å². The Hall–Kier alpha value is -0.480. The smallest absolute Gasteiger partial charge is 0.0693 e. The van der Waals surface area contributed by atoms with Crippen LogP contribution in [0.5, 0.6) is 0 Å². The highest BCUT2D eigenvalue weighted by molar-refractivity contribution is 6.38. The highest BCUT2D eigenvalue weighted by Gasteiger charge is 2.22. The summed E-state index contributed by atoms with van der Waals surface area (Å²) in [5.41, 5.74) is 7.36. The number of nitrogen functional groups attached to an aromatic ring is 1. The van der Waals surface area contributed by atoms with Crippen LogP contribution in [0.25, 0.3) is 0 Å². The Morgan fingerprint density at radius 2 is 1.89 bits per heavy atom. The van der Waals surface area contributed by atoms with Crippen molar-refractivity contribution >= 4 is 28.9 Å². The van der Waals surface area contributed by atoms with Crippen molar-refractivity contribution in [3.63, 3.8) is 0 Å². The molecule has 1 aromatic carbocycles. The summed E-state index contributed by atoms with van der Waals surface area (Å²) in [5, 5.41) is 1.09. The van der Waals surface area contributed by atoms with E-state index in [9.17, 15) is 0 Å². The van der Waals surface area contributed by atoms with Gasteiger partial charge in [-0.1, -0.05) is 30.1 Å². The van der Waals surface area contributed by atoms with Gasteiger partial charge in [0.05, 0.1) is 15.7 Å². The van der Waals surface area contributed by atoms with Crippen molar-refractivity contribution in [3.05, 3.63) is 27.7 Å². The van der Waals surface area contributed by atoms with Crippen molar-refractivity contribution in [2.45, 2.75) is 25.9 Å². The molecule has 2 rings (SSSR count). The Morgan fingerprint density at radius 3 is 2.47 bits per heavy atom. The fourth-order valence-corrected chi connectivity index (χ4v) is 3.11. The normalized spacial score (nSPS) is 21.8. The maximum Gasteiger partial charge on any atom is 0.0693 e. The summed E-state index contributed by atoms with van der Waals surface area (Å²) in [6.45, 7) is 6.39. The van der Waals surface area contributed by atoms with Gasteiger partial charge in [0.15, 0.2) is 0 Å². The van der Waals surface area contributed by atoms with E-state index in [2.05, 4.69) is 23.8 Å². The van der Waals surface area contributed by atoms with E-state index in [0.29, 0.717) is 21.8 Å². The van der Waals surface area contributed by atoms with E-state index in [0.717, 1.165) is 31.7 Å². The molecule has 1 aliphatic heterocycles. The number of anilines is 1. The number of nitrogens with two attached hydrogens (primary N) is 1. The van der Waals surface area contributed by atoms with Gasteiger partial charge in [0, 0.05) is 32.2 Å². The molecule has 1 saturated heterocycles. The quantitative estimate of drug-likeness (QED) is 0.871. The van der Waals surface area contributed by atoms with Crippen LogP contribution < -0.4 is 5.73 Å². The fraction of sp³-hybridized carbons (Fsp3) is 0.571. The minimum Gasteiger partial charge on any atom is -0.396 e. The van der Waals surface area contributed by atoms with E-state index in [1.807, 2.05) is 12.1 Å². The van der Waals surface area contributed by atoms with Crippen LogP contribution >= 0.6 is 23.2 Å². The second kappa shape index (κ2) is 6.31. The summed E-state index contributed by atoms with van der Waals surface area (Å²) in [4.78, 5) is 4.88. The molecular weight excluding hydrogens is 281 g/mol. The maximum absolute atomic E-state index is 6.08. The van der Waals surface area contributed by atoms with Crippen molar-refractivity contribution in [1.29, 1.82) is 0 Å². The molecule has 5 heteroatoms. The van der Waals surface area contributed by atoms with Crippen LogP contribution in [0.4, 0.5) is 5.69 Å². The number of hydrogen-bond acceptors (Lipinski definition) is 3. The molecule has 0 aliphatic carbocycles. The van der Waals surface area contributed by atoms with Crippen LogP contribution in [-0.2, 0) is 6.54 Å². The largest absolute Gasteiger partial charge is 0.396 e. The molecule has 1 fully saturated rings. The third-order valence-corrected chi connectivity index (χ3v) is 4.50. The summed E-state index contributed by atoms with van der Waals surface area (Å²) in [5.74, 6) is 0. The number of hydrogen-bond donors (Lipinski definition) is 1. The zero-order chi connectivity index (χ0) is 14.0. The molecule has 0 saturated carbocycles. The number of nitrogens with zero attached hydrogens (tertiary/aromatic N) is 2. The van der Waals surface area contributed by atoms with Crippen molar-refractivity contribution < 1.29 is 0 Å². The molecule has 1 atom stereocenters. The number of benzene rings is 1. The maximum atomic E-state index is 6.08. The Kier molecular flexibility index (Phi) is 4.96. The summed E-state index contributed by atoms with van der Waals surface area (Å²) in [6, 6.07) is 4.47. The van der Waals surface area contributed by atoms with Gasteiger partial charge in [0.25, 0.3) is 0 Å². The highest BCUT2D eigenvalue weighted by Crippen LogP contribution is 2.29. The lowest BCUT2D eigenvalue weighted by Crippen LogP contribution is -2.50. The standard InChI is InChI=1S/C14H21Cl2N3/c1-3-11-9-19(5-4-18(11)2)8-10-6-12(15)14(17)13(16)7-10/h6-7,11H,3-5,8-9,17H2,1-2H3. The molecule has 0 radical (unpaired) electrons. The van der Waals surface area contributed by atoms with Crippen molar-refractivity contribution in [2.24, 2.45) is 0 Å². The fourth-order valence-electron chi connectivity index (χ4n) is 2.58.